The fourth-order valence-corrected chi connectivity index (χ4v) is 0.280. The summed E-state index contributed by atoms with van der Waals surface area (Å²) in [7, 11) is -4.64. The molecular weight excluding hydrogens is 199 g/mol. The Balaban J connectivity index is 0. The fourth-order valence-electron chi connectivity index (χ4n) is 0.280. The number of carbonyl (C=O) groups is 1. The van der Waals surface area contributed by atoms with Crippen LogP contribution in [0.4, 0.5) is 0 Å². The zero-order chi connectivity index (χ0) is 11.1. The maximum absolute atomic E-state index is 10.3. The quantitative estimate of drug-likeness (QED) is 0.343. The Morgan fingerprint density at radius 3 is 1.85 bits per heavy atom. The van der Waals surface area contributed by atoms with Gasteiger partial charge in [0.1, 0.15) is 0 Å². The molecule has 0 aromatic rings. The highest BCUT2D eigenvalue weighted by Crippen LogP contribution is 2.25. The van der Waals surface area contributed by atoms with E-state index in [0.717, 1.165) is 6.08 Å². The van der Waals surface area contributed by atoms with Crippen LogP contribution in [0.5, 0.6) is 0 Å². The van der Waals surface area contributed by atoms with E-state index in [9.17, 15) is 4.79 Å². The second kappa shape index (κ2) is 6.80. The minimum atomic E-state index is -4.64. The Labute approximate surface area is 76.1 Å². The van der Waals surface area contributed by atoms with Gasteiger partial charge in [-0.05, 0) is 13.8 Å². The van der Waals surface area contributed by atoms with Crippen molar-refractivity contribution in [3.63, 3.8) is 0 Å². The topological polar surface area (TPSA) is 104 Å². The lowest BCUT2D eigenvalue weighted by molar-refractivity contribution is -0.141. The van der Waals surface area contributed by atoms with Crippen LogP contribution in [0, 0.1) is 0 Å². The molecule has 0 amide bonds. The molecule has 0 heterocycles. The Morgan fingerprint density at radius 2 is 1.77 bits per heavy atom. The van der Waals surface area contributed by atoms with Crippen LogP contribution in [0.2, 0.25) is 0 Å². The molecule has 0 aromatic heterocycles. The van der Waals surface area contributed by atoms with Gasteiger partial charge in [-0.2, -0.15) is 0 Å². The second-order valence-corrected chi connectivity index (χ2v) is 3.23. The van der Waals surface area contributed by atoms with Crippen LogP contribution in [0.15, 0.2) is 12.7 Å². The smallest absolute Gasteiger partial charge is 0.460 e. The molecule has 0 aliphatic heterocycles. The van der Waals surface area contributed by atoms with Gasteiger partial charge in [0.25, 0.3) is 0 Å². The molecule has 7 heteroatoms. The van der Waals surface area contributed by atoms with E-state index < -0.39 is 7.82 Å². The molecule has 0 bridgehead atoms. The van der Waals surface area contributed by atoms with Gasteiger partial charge >= 0.3 is 13.8 Å². The Kier molecular flexibility index (Phi) is 7.75. The van der Waals surface area contributed by atoms with Crippen molar-refractivity contribution in [2.75, 3.05) is 0 Å². The maximum atomic E-state index is 10.3. The molecule has 0 aliphatic rings. The van der Waals surface area contributed by atoms with Crippen LogP contribution in [0.1, 0.15) is 13.8 Å². The van der Waals surface area contributed by atoms with Gasteiger partial charge in [-0.25, -0.2) is 9.36 Å². The SMILES string of the molecule is C=CC(=O)OC(C)C.O=P(O)(O)O. The Bertz CT molecular complexity index is 197. The standard InChI is InChI=1S/C6H10O2.H3O4P/c1-4-6(7)8-5(2)3;1-5(2,3)4/h4-5H,1H2,2-3H3;(H3,1,2,3,4). The third-order valence-electron chi connectivity index (χ3n) is 0.519. The van der Waals surface area contributed by atoms with E-state index in [-0.39, 0.29) is 12.1 Å². The first-order valence-corrected chi connectivity index (χ1v) is 4.84. The Morgan fingerprint density at radius 1 is 1.46 bits per heavy atom. The van der Waals surface area contributed by atoms with Gasteiger partial charge in [0.15, 0.2) is 0 Å². The van der Waals surface area contributed by atoms with Gasteiger partial charge in [0.05, 0.1) is 6.10 Å². The number of carbonyl (C=O) groups excluding carboxylic acids is 1. The van der Waals surface area contributed by atoms with Crippen molar-refractivity contribution in [1.29, 1.82) is 0 Å². The summed E-state index contributed by atoms with van der Waals surface area (Å²) >= 11 is 0. The summed E-state index contributed by atoms with van der Waals surface area (Å²) in [5, 5.41) is 0. The lowest BCUT2D eigenvalue weighted by Gasteiger charge is -2.02. The summed E-state index contributed by atoms with van der Waals surface area (Å²) in [6.07, 6.45) is 1.11. The van der Waals surface area contributed by atoms with Gasteiger partial charge in [-0.3, -0.25) is 0 Å². The fraction of sp³-hybridized carbons (Fsp3) is 0.500. The molecule has 0 radical (unpaired) electrons. The molecule has 0 atom stereocenters. The van der Waals surface area contributed by atoms with Crippen molar-refractivity contribution in [2.45, 2.75) is 20.0 Å². The number of rotatable bonds is 2. The van der Waals surface area contributed by atoms with Gasteiger partial charge < -0.3 is 19.4 Å². The lowest BCUT2D eigenvalue weighted by Crippen LogP contribution is -2.07. The Hall–Kier alpha value is -0.680. The van der Waals surface area contributed by atoms with Crippen molar-refractivity contribution >= 4 is 13.8 Å². The summed E-state index contributed by atoms with van der Waals surface area (Å²) in [5.74, 6) is -0.361. The van der Waals surface area contributed by atoms with E-state index in [2.05, 4.69) is 11.3 Å². The van der Waals surface area contributed by atoms with Gasteiger partial charge in [-0.1, -0.05) is 6.58 Å². The molecule has 0 rings (SSSR count). The van der Waals surface area contributed by atoms with E-state index in [4.69, 9.17) is 19.2 Å². The van der Waals surface area contributed by atoms with Crippen LogP contribution >= 0.6 is 7.82 Å². The molecule has 0 fully saturated rings. The minimum absolute atomic E-state index is 0.0412. The van der Waals surface area contributed by atoms with Crippen molar-refractivity contribution in [1.82, 2.24) is 0 Å². The van der Waals surface area contributed by atoms with E-state index >= 15 is 0 Å². The van der Waals surface area contributed by atoms with E-state index in [1.807, 2.05) is 0 Å². The number of hydrogen-bond acceptors (Lipinski definition) is 3. The predicted molar refractivity (Wildman–Crippen MR) is 45.7 cm³/mol. The van der Waals surface area contributed by atoms with E-state index in [1.165, 1.54) is 0 Å². The molecule has 0 saturated heterocycles. The zero-order valence-corrected chi connectivity index (χ0v) is 8.27. The van der Waals surface area contributed by atoms with E-state index in [1.54, 1.807) is 13.8 Å². The number of ether oxygens (including phenoxy) is 1. The monoisotopic (exact) mass is 212 g/mol. The van der Waals surface area contributed by atoms with Crippen molar-refractivity contribution in [2.24, 2.45) is 0 Å². The number of esters is 1. The van der Waals surface area contributed by atoms with Crippen molar-refractivity contribution < 1.29 is 28.8 Å². The molecule has 0 unspecified atom stereocenters. The molecule has 0 spiro atoms. The first-order chi connectivity index (χ1) is 5.66. The highest BCUT2D eigenvalue weighted by Gasteiger charge is 2.00. The average Bonchev–Trinajstić information content (AvgIpc) is 1.82. The van der Waals surface area contributed by atoms with Crippen molar-refractivity contribution in [3.05, 3.63) is 12.7 Å². The van der Waals surface area contributed by atoms with Crippen LogP contribution in [-0.4, -0.2) is 26.8 Å². The second-order valence-electron chi connectivity index (χ2n) is 2.20. The minimum Gasteiger partial charge on any atom is -0.460 e. The molecule has 78 valence electrons. The zero-order valence-electron chi connectivity index (χ0n) is 7.38. The molecule has 3 N–H and O–H groups in total. The third kappa shape index (κ3) is 34.7. The largest absolute Gasteiger partial charge is 0.466 e. The number of phosphoric acid groups is 1. The lowest BCUT2D eigenvalue weighted by atomic mass is 10.5. The average molecular weight is 212 g/mol. The first kappa shape index (κ1) is 14.8. The molecule has 13 heavy (non-hydrogen) atoms. The van der Waals surface area contributed by atoms with Gasteiger partial charge in [0, 0.05) is 6.08 Å². The van der Waals surface area contributed by atoms with E-state index in [0.29, 0.717) is 0 Å². The van der Waals surface area contributed by atoms with Crippen LogP contribution in [0.3, 0.4) is 0 Å². The predicted octanol–water partition coefficient (Wildman–Crippen LogP) is 0.195. The van der Waals surface area contributed by atoms with Crippen LogP contribution in [-0.2, 0) is 14.1 Å². The van der Waals surface area contributed by atoms with Crippen LogP contribution in [0.25, 0.3) is 0 Å². The number of hydrogen-bond donors (Lipinski definition) is 3. The normalized spacial score (nSPS) is 10.0. The molecular formula is C6H13O6P. The highest BCUT2D eigenvalue weighted by molar-refractivity contribution is 7.45. The third-order valence-corrected chi connectivity index (χ3v) is 0.519. The molecule has 0 aromatic carbocycles. The summed E-state index contributed by atoms with van der Waals surface area (Å²) in [6, 6.07) is 0. The van der Waals surface area contributed by atoms with Gasteiger partial charge in [-0.15, -0.1) is 0 Å². The summed E-state index contributed by atoms with van der Waals surface area (Å²) in [6.45, 7) is 6.83. The molecule has 6 nitrogen and oxygen atoms in total. The summed E-state index contributed by atoms with van der Waals surface area (Å²) in [5.41, 5.74) is 0. The van der Waals surface area contributed by atoms with Crippen molar-refractivity contribution in [3.8, 4) is 0 Å². The summed E-state index contributed by atoms with van der Waals surface area (Å²) < 4.78 is 13.5. The highest BCUT2D eigenvalue weighted by atomic mass is 31.2. The van der Waals surface area contributed by atoms with Crippen LogP contribution < -0.4 is 0 Å². The summed E-state index contributed by atoms with van der Waals surface area (Å²) in [4.78, 5) is 31.8. The molecule has 0 aliphatic carbocycles. The van der Waals surface area contributed by atoms with Gasteiger partial charge in [0.2, 0.25) is 0 Å². The first-order valence-electron chi connectivity index (χ1n) is 3.28. The maximum Gasteiger partial charge on any atom is 0.466 e. The molecule has 0 saturated carbocycles.